The maximum absolute atomic E-state index is 8.65. The first-order valence-electron chi connectivity index (χ1n) is 4.28. The van der Waals surface area contributed by atoms with E-state index < -0.39 is 0 Å². The maximum atomic E-state index is 8.65. The van der Waals surface area contributed by atoms with E-state index in [9.17, 15) is 0 Å². The molecular formula is C11H14O2. The number of hydrogen-bond donors (Lipinski definition) is 1. The first-order valence-corrected chi connectivity index (χ1v) is 4.28. The first-order chi connectivity index (χ1) is 6.22. The van der Waals surface area contributed by atoms with Gasteiger partial charge in [0.1, 0.15) is 5.75 Å². The smallest absolute Gasteiger partial charge is 0.119 e. The highest BCUT2D eigenvalue weighted by Gasteiger charge is 2.00. The maximum Gasteiger partial charge on any atom is 0.119 e. The SMILES string of the molecule is [CH]C(CO)COc1ccc(C)cc1. The van der Waals surface area contributed by atoms with Gasteiger partial charge in [0.2, 0.25) is 0 Å². The lowest BCUT2D eigenvalue weighted by Crippen LogP contribution is -2.12. The molecule has 1 aromatic carbocycles. The summed E-state index contributed by atoms with van der Waals surface area (Å²) >= 11 is 0. The molecule has 1 rings (SSSR count). The molecule has 0 saturated heterocycles. The van der Waals surface area contributed by atoms with Crippen LogP contribution in [0.4, 0.5) is 0 Å². The highest BCUT2D eigenvalue weighted by Crippen LogP contribution is 2.12. The Balaban J connectivity index is 2.41. The van der Waals surface area contributed by atoms with E-state index in [1.807, 2.05) is 31.2 Å². The summed E-state index contributed by atoms with van der Waals surface area (Å²) in [6.45, 7) is 7.79. The van der Waals surface area contributed by atoms with Crippen molar-refractivity contribution in [2.24, 2.45) is 5.92 Å². The Hall–Kier alpha value is -1.02. The van der Waals surface area contributed by atoms with Crippen LogP contribution in [0.25, 0.3) is 0 Å². The van der Waals surface area contributed by atoms with Crippen molar-refractivity contribution in [2.75, 3.05) is 13.2 Å². The second kappa shape index (κ2) is 4.87. The Morgan fingerprint density at radius 2 is 2.00 bits per heavy atom. The van der Waals surface area contributed by atoms with Crippen LogP contribution in [0.2, 0.25) is 0 Å². The van der Waals surface area contributed by atoms with E-state index in [2.05, 4.69) is 0 Å². The number of aliphatic hydroxyl groups excluding tert-OH is 1. The van der Waals surface area contributed by atoms with Crippen LogP contribution in [0.3, 0.4) is 0 Å². The molecule has 0 aliphatic rings. The molecule has 2 heteroatoms. The summed E-state index contributed by atoms with van der Waals surface area (Å²) in [7, 11) is 0. The summed E-state index contributed by atoms with van der Waals surface area (Å²) in [4.78, 5) is 0. The molecule has 1 N–H and O–H groups in total. The zero-order valence-corrected chi connectivity index (χ0v) is 7.73. The highest BCUT2D eigenvalue weighted by molar-refractivity contribution is 5.26. The third-order valence-electron chi connectivity index (χ3n) is 1.72. The monoisotopic (exact) mass is 178 g/mol. The number of aryl methyl sites for hydroxylation is 1. The second-order valence-corrected chi connectivity index (χ2v) is 3.07. The molecule has 1 atom stereocenters. The van der Waals surface area contributed by atoms with Gasteiger partial charge in [0.15, 0.2) is 0 Å². The minimum Gasteiger partial charge on any atom is -0.493 e. The van der Waals surface area contributed by atoms with Crippen LogP contribution in [0.15, 0.2) is 24.3 Å². The third-order valence-corrected chi connectivity index (χ3v) is 1.72. The van der Waals surface area contributed by atoms with Crippen molar-refractivity contribution in [3.8, 4) is 5.75 Å². The standard InChI is InChI=1S/C11H14O2/c1-9-3-5-11(6-4-9)13-8-10(2)7-12/h2-6,10,12H,7-8H2,1H3. The van der Waals surface area contributed by atoms with Gasteiger partial charge in [0.25, 0.3) is 0 Å². The predicted octanol–water partition coefficient (Wildman–Crippen LogP) is 1.69. The van der Waals surface area contributed by atoms with Gasteiger partial charge in [-0.1, -0.05) is 17.7 Å². The molecule has 0 aliphatic heterocycles. The van der Waals surface area contributed by atoms with E-state index in [0.717, 1.165) is 5.75 Å². The fourth-order valence-corrected chi connectivity index (χ4v) is 0.890. The van der Waals surface area contributed by atoms with Crippen molar-refractivity contribution in [3.05, 3.63) is 36.8 Å². The normalized spacial score (nSPS) is 12.5. The Bertz CT molecular complexity index is 241. The van der Waals surface area contributed by atoms with Crippen molar-refractivity contribution in [2.45, 2.75) is 6.92 Å². The van der Waals surface area contributed by atoms with Crippen molar-refractivity contribution in [1.82, 2.24) is 0 Å². The summed E-state index contributed by atoms with van der Waals surface area (Å²) in [5, 5.41) is 8.65. The highest BCUT2D eigenvalue weighted by atomic mass is 16.5. The molecule has 0 aliphatic carbocycles. The van der Waals surface area contributed by atoms with Crippen molar-refractivity contribution in [1.29, 1.82) is 0 Å². The van der Waals surface area contributed by atoms with E-state index in [-0.39, 0.29) is 12.5 Å². The molecule has 2 nitrogen and oxygen atoms in total. The van der Waals surface area contributed by atoms with Gasteiger partial charge < -0.3 is 9.84 Å². The quantitative estimate of drug-likeness (QED) is 0.760. The minimum atomic E-state index is -0.304. The number of benzene rings is 1. The first kappa shape index (κ1) is 10.1. The second-order valence-electron chi connectivity index (χ2n) is 3.07. The van der Waals surface area contributed by atoms with E-state index in [0.29, 0.717) is 6.61 Å². The van der Waals surface area contributed by atoms with Gasteiger partial charge in [-0.05, 0) is 26.0 Å². The summed E-state index contributed by atoms with van der Waals surface area (Å²) in [5.74, 6) is 0.482. The van der Waals surface area contributed by atoms with Crippen LogP contribution in [-0.2, 0) is 0 Å². The number of ether oxygens (including phenoxy) is 1. The molecule has 13 heavy (non-hydrogen) atoms. The van der Waals surface area contributed by atoms with Crippen molar-refractivity contribution >= 4 is 0 Å². The molecule has 0 saturated carbocycles. The molecule has 0 bridgehead atoms. The molecule has 0 fully saturated rings. The average molecular weight is 178 g/mol. The molecule has 70 valence electrons. The minimum absolute atomic E-state index is 0.0497. The van der Waals surface area contributed by atoms with Gasteiger partial charge in [-0.25, -0.2) is 0 Å². The molecule has 0 spiro atoms. The Morgan fingerprint density at radius 1 is 1.38 bits per heavy atom. The molecule has 0 aromatic heterocycles. The van der Waals surface area contributed by atoms with Crippen LogP contribution in [0, 0.1) is 19.8 Å². The van der Waals surface area contributed by atoms with E-state index in [1.165, 1.54) is 5.56 Å². The van der Waals surface area contributed by atoms with Crippen LogP contribution in [0.1, 0.15) is 5.56 Å². The predicted molar refractivity (Wildman–Crippen MR) is 51.5 cm³/mol. The third kappa shape index (κ3) is 3.47. The van der Waals surface area contributed by atoms with Crippen LogP contribution in [-0.4, -0.2) is 18.3 Å². The topological polar surface area (TPSA) is 29.5 Å². The van der Waals surface area contributed by atoms with Crippen molar-refractivity contribution < 1.29 is 9.84 Å². The van der Waals surface area contributed by atoms with Gasteiger partial charge in [-0.15, -0.1) is 0 Å². The lowest BCUT2D eigenvalue weighted by molar-refractivity contribution is 0.189. The van der Waals surface area contributed by atoms with Crippen LogP contribution < -0.4 is 4.74 Å². The number of aliphatic hydroxyl groups is 1. The molecule has 1 aromatic rings. The molecule has 0 amide bonds. The fraction of sp³-hybridized carbons (Fsp3) is 0.364. The summed E-state index contributed by atoms with van der Waals surface area (Å²) in [6.07, 6.45) is 0. The zero-order chi connectivity index (χ0) is 9.68. The fourth-order valence-electron chi connectivity index (χ4n) is 0.890. The van der Waals surface area contributed by atoms with Gasteiger partial charge in [0.05, 0.1) is 6.61 Å². The summed E-state index contributed by atoms with van der Waals surface area (Å²) in [5.41, 5.74) is 1.19. The Kier molecular flexibility index (Phi) is 3.77. The van der Waals surface area contributed by atoms with Gasteiger partial charge in [0, 0.05) is 12.5 Å². The van der Waals surface area contributed by atoms with Gasteiger partial charge in [-0.2, -0.15) is 0 Å². The molecule has 1 unspecified atom stereocenters. The van der Waals surface area contributed by atoms with Crippen LogP contribution in [0.5, 0.6) is 5.75 Å². The van der Waals surface area contributed by atoms with E-state index in [4.69, 9.17) is 16.8 Å². The van der Waals surface area contributed by atoms with Gasteiger partial charge >= 0.3 is 0 Å². The number of hydrogen-bond acceptors (Lipinski definition) is 2. The van der Waals surface area contributed by atoms with E-state index >= 15 is 0 Å². The van der Waals surface area contributed by atoms with Gasteiger partial charge in [-0.3, -0.25) is 0 Å². The Labute approximate surface area is 79.2 Å². The van der Waals surface area contributed by atoms with E-state index in [1.54, 1.807) is 0 Å². The lowest BCUT2D eigenvalue weighted by Gasteiger charge is -2.09. The largest absolute Gasteiger partial charge is 0.493 e. The summed E-state index contributed by atoms with van der Waals surface area (Å²) < 4.78 is 5.33. The molecule has 0 heterocycles. The lowest BCUT2D eigenvalue weighted by atomic mass is 10.2. The average Bonchev–Trinajstić information content (AvgIpc) is 2.16. The number of rotatable bonds is 4. The summed E-state index contributed by atoms with van der Waals surface area (Å²) in [6, 6.07) is 7.72. The zero-order valence-electron chi connectivity index (χ0n) is 7.73. The van der Waals surface area contributed by atoms with Crippen molar-refractivity contribution in [3.63, 3.8) is 0 Å². The van der Waals surface area contributed by atoms with Crippen LogP contribution >= 0.6 is 0 Å². The Morgan fingerprint density at radius 3 is 2.54 bits per heavy atom. The molecule has 2 radical (unpaired) electrons. The molecular weight excluding hydrogens is 164 g/mol.